The topological polar surface area (TPSA) is 52.6 Å². The zero-order valence-electron chi connectivity index (χ0n) is 8.79. The maximum atomic E-state index is 11.8. The van der Waals surface area contributed by atoms with Crippen molar-refractivity contribution in [3.05, 3.63) is 0 Å². The van der Waals surface area contributed by atoms with E-state index in [2.05, 4.69) is 19.2 Å². The molecule has 2 fully saturated rings. The molecule has 0 bridgehead atoms. The summed E-state index contributed by atoms with van der Waals surface area (Å²) in [5.74, 6) is 0.0642. The van der Waals surface area contributed by atoms with Crippen molar-refractivity contribution >= 4 is 5.91 Å². The number of carbonyl (C=O) groups excluding carboxylic acids is 1. The van der Waals surface area contributed by atoms with Crippen LogP contribution in [0.25, 0.3) is 0 Å². The third kappa shape index (κ3) is 1.77. The molecular formula is C10H18N2O2. The molecule has 80 valence electrons. The summed E-state index contributed by atoms with van der Waals surface area (Å²) in [7, 11) is 0. The van der Waals surface area contributed by atoms with Gasteiger partial charge in [0, 0.05) is 18.1 Å². The third-order valence-electron chi connectivity index (χ3n) is 2.88. The Hall–Kier alpha value is -0.610. The van der Waals surface area contributed by atoms with Gasteiger partial charge in [-0.2, -0.15) is 0 Å². The van der Waals surface area contributed by atoms with Crippen molar-refractivity contribution in [2.75, 3.05) is 13.2 Å². The Kier molecular flexibility index (Phi) is 2.27. The first-order valence-electron chi connectivity index (χ1n) is 5.22. The van der Waals surface area contributed by atoms with Crippen LogP contribution in [0.2, 0.25) is 0 Å². The van der Waals surface area contributed by atoms with Gasteiger partial charge in [-0.1, -0.05) is 0 Å². The Morgan fingerprint density at radius 3 is 2.71 bits per heavy atom. The smallest absolute Gasteiger partial charge is 0.242 e. The molecule has 4 nitrogen and oxygen atoms in total. The number of hydrogen-bond acceptors (Lipinski definition) is 3. The molecule has 2 rings (SSSR count). The van der Waals surface area contributed by atoms with E-state index in [0.29, 0.717) is 6.04 Å². The fourth-order valence-corrected chi connectivity index (χ4v) is 2.10. The van der Waals surface area contributed by atoms with E-state index in [1.165, 1.54) is 0 Å². The standard InChI is InChI=1S/C10H18N2O2/c1-10(2)6-12(7-3-4-7)9(14)8(5-13)11-10/h7-8,11,13H,3-6H2,1-2H3. The van der Waals surface area contributed by atoms with E-state index in [1.54, 1.807) is 0 Å². The lowest BCUT2D eigenvalue weighted by atomic mass is 9.98. The summed E-state index contributed by atoms with van der Waals surface area (Å²) in [4.78, 5) is 13.8. The number of piperazine rings is 1. The number of rotatable bonds is 2. The van der Waals surface area contributed by atoms with Crippen molar-refractivity contribution in [1.29, 1.82) is 0 Å². The molecule has 1 saturated heterocycles. The second kappa shape index (κ2) is 3.21. The minimum atomic E-state index is -0.403. The molecule has 0 aromatic carbocycles. The molecule has 0 aromatic heterocycles. The number of nitrogens with zero attached hydrogens (tertiary/aromatic N) is 1. The van der Waals surface area contributed by atoms with Crippen LogP contribution in [0.5, 0.6) is 0 Å². The summed E-state index contributed by atoms with van der Waals surface area (Å²) in [5.41, 5.74) is -0.0795. The molecule has 2 aliphatic rings. The molecular weight excluding hydrogens is 180 g/mol. The van der Waals surface area contributed by atoms with E-state index in [9.17, 15) is 4.79 Å². The van der Waals surface area contributed by atoms with Crippen LogP contribution < -0.4 is 5.32 Å². The molecule has 1 amide bonds. The second-order valence-corrected chi connectivity index (χ2v) is 4.96. The second-order valence-electron chi connectivity index (χ2n) is 4.96. The first-order valence-corrected chi connectivity index (χ1v) is 5.22. The number of nitrogens with one attached hydrogen (secondary N) is 1. The van der Waals surface area contributed by atoms with E-state index >= 15 is 0 Å². The van der Waals surface area contributed by atoms with Gasteiger partial charge in [0.15, 0.2) is 0 Å². The molecule has 1 aliphatic carbocycles. The van der Waals surface area contributed by atoms with Crippen LogP contribution in [0, 0.1) is 0 Å². The van der Waals surface area contributed by atoms with Gasteiger partial charge in [-0.25, -0.2) is 0 Å². The third-order valence-corrected chi connectivity index (χ3v) is 2.88. The summed E-state index contributed by atoms with van der Waals surface area (Å²) in [6.45, 7) is 4.79. The van der Waals surface area contributed by atoms with Gasteiger partial charge >= 0.3 is 0 Å². The van der Waals surface area contributed by atoms with Crippen LogP contribution in [-0.2, 0) is 4.79 Å². The highest BCUT2D eigenvalue weighted by Crippen LogP contribution is 2.30. The molecule has 1 atom stereocenters. The van der Waals surface area contributed by atoms with Crippen molar-refractivity contribution in [3.63, 3.8) is 0 Å². The fraction of sp³-hybridized carbons (Fsp3) is 0.900. The van der Waals surface area contributed by atoms with Gasteiger partial charge in [-0.3, -0.25) is 10.1 Å². The summed E-state index contributed by atoms with van der Waals surface area (Å²) in [6.07, 6.45) is 2.25. The molecule has 0 spiro atoms. The van der Waals surface area contributed by atoms with Gasteiger partial charge in [-0.05, 0) is 26.7 Å². The lowest BCUT2D eigenvalue weighted by Crippen LogP contribution is -2.66. The van der Waals surface area contributed by atoms with E-state index in [4.69, 9.17) is 5.11 Å². The first-order chi connectivity index (χ1) is 6.53. The van der Waals surface area contributed by atoms with Crippen molar-refractivity contribution in [1.82, 2.24) is 10.2 Å². The Morgan fingerprint density at radius 1 is 1.57 bits per heavy atom. The molecule has 1 aliphatic heterocycles. The molecule has 0 aromatic rings. The van der Waals surface area contributed by atoms with Crippen LogP contribution >= 0.6 is 0 Å². The van der Waals surface area contributed by atoms with Gasteiger partial charge in [-0.15, -0.1) is 0 Å². The van der Waals surface area contributed by atoms with Crippen LogP contribution in [0.4, 0.5) is 0 Å². The average molecular weight is 198 g/mol. The number of amides is 1. The molecule has 2 N–H and O–H groups in total. The van der Waals surface area contributed by atoms with Crippen LogP contribution in [-0.4, -0.2) is 46.7 Å². The fourth-order valence-electron chi connectivity index (χ4n) is 2.10. The lowest BCUT2D eigenvalue weighted by Gasteiger charge is -2.43. The summed E-state index contributed by atoms with van der Waals surface area (Å²) in [5, 5.41) is 12.3. The largest absolute Gasteiger partial charge is 0.394 e. The highest BCUT2D eigenvalue weighted by atomic mass is 16.3. The van der Waals surface area contributed by atoms with Crippen molar-refractivity contribution in [3.8, 4) is 0 Å². The van der Waals surface area contributed by atoms with E-state index in [1.807, 2.05) is 4.90 Å². The number of aliphatic hydroxyl groups excluding tert-OH is 1. The normalized spacial score (nSPS) is 32.1. The number of hydrogen-bond donors (Lipinski definition) is 2. The summed E-state index contributed by atoms with van der Waals surface area (Å²) < 4.78 is 0. The van der Waals surface area contributed by atoms with Crippen LogP contribution in [0.1, 0.15) is 26.7 Å². The Balaban J connectivity index is 2.12. The molecule has 4 heteroatoms. The monoisotopic (exact) mass is 198 g/mol. The van der Waals surface area contributed by atoms with Crippen LogP contribution in [0.3, 0.4) is 0 Å². The molecule has 14 heavy (non-hydrogen) atoms. The average Bonchev–Trinajstić information content (AvgIpc) is 2.91. The van der Waals surface area contributed by atoms with Gasteiger partial charge in [0.2, 0.25) is 5.91 Å². The lowest BCUT2D eigenvalue weighted by molar-refractivity contribution is -0.140. The van der Waals surface area contributed by atoms with Gasteiger partial charge in [0.1, 0.15) is 6.04 Å². The van der Waals surface area contributed by atoms with E-state index < -0.39 is 6.04 Å². The quantitative estimate of drug-likeness (QED) is 0.641. The molecule has 1 heterocycles. The highest BCUT2D eigenvalue weighted by molar-refractivity contribution is 5.83. The van der Waals surface area contributed by atoms with Gasteiger partial charge in [0.05, 0.1) is 6.61 Å². The van der Waals surface area contributed by atoms with E-state index in [-0.39, 0.29) is 18.1 Å². The Bertz CT molecular complexity index is 249. The number of carbonyl (C=O) groups is 1. The first kappa shape index (κ1) is 9.93. The van der Waals surface area contributed by atoms with Gasteiger partial charge in [0.25, 0.3) is 0 Å². The Labute approximate surface area is 84.3 Å². The minimum absolute atomic E-state index is 0.0642. The van der Waals surface area contributed by atoms with Crippen molar-refractivity contribution in [2.24, 2.45) is 0 Å². The predicted molar refractivity (Wildman–Crippen MR) is 52.8 cm³/mol. The summed E-state index contributed by atoms with van der Waals surface area (Å²) in [6, 6.07) is 0.0391. The SMILES string of the molecule is CC1(C)CN(C2CC2)C(=O)C(CO)N1. The Morgan fingerprint density at radius 2 is 2.21 bits per heavy atom. The molecule has 1 unspecified atom stereocenters. The maximum absolute atomic E-state index is 11.8. The maximum Gasteiger partial charge on any atom is 0.242 e. The number of aliphatic hydroxyl groups is 1. The highest BCUT2D eigenvalue weighted by Gasteiger charge is 2.43. The zero-order valence-corrected chi connectivity index (χ0v) is 8.79. The predicted octanol–water partition coefficient (Wildman–Crippen LogP) is -0.280. The van der Waals surface area contributed by atoms with Crippen LogP contribution in [0.15, 0.2) is 0 Å². The minimum Gasteiger partial charge on any atom is -0.394 e. The van der Waals surface area contributed by atoms with Gasteiger partial charge < -0.3 is 10.0 Å². The van der Waals surface area contributed by atoms with Crippen molar-refractivity contribution < 1.29 is 9.90 Å². The zero-order chi connectivity index (χ0) is 10.3. The summed E-state index contributed by atoms with van der Waals surface area (Å²) >= 11 is 0. The molecule has 1 saturated carbocycles. The van der Waals surface area contributed by atoms with E-state index in [0.717, 1.165) is 19.4 Å². The molecule has 0 radical (unpaired) electrons. The van der Waals surface area contributed by atoms with Crippen molar-refractivity contribution in [2.45, 2.75) is 44.3 Å².